The first kappa shape index (κ1) is 17.6. The second-order valence-corrected chi connectivity index (χ2v) is 6.37. The van der Waals surface area contributed by atoms with Crippen molar-refractivity contribution >= 4 is 11.5 Å². The Bertz CT molecular complexity index is 338. The van der Waals surface area contributed by atoms with Gasteiger partial charge in [-0.1, -0.05) is 69.7 Å². The molecule has 1 heterocycles. The summed E-state index contributed by atoms with van der Waals surface area (Å²) >= 11 is 1.57. The average molecular weight is 298 g/mol. The molecule has 0 saturated heterocycles. The predicted octanol–water partition coefficient (Wildman–Crippen LogP) is 4.89. The Balaban J connectivity index is 2.27. The molecule has 0 aromatic carbocycles. The van der Waals surface area contributed by atoms with Crippen LogP contribution >= 0.6 is 11.5 Å². The van der Waals surface area contributed by atoms with E-state index in [-0.39, 0.29) is 0 Å². The van der Waals surface area contributed by atoms with Crippen molar-refractivity contribution in [1.29, 1.82) is 0 Å². The largest absolute Gasteiger partial charge is 0.312 e. The molecular weight excluding hydrogens is 266 g/mol. The first-order valence-electron chi connectivity index (χ1n) is 8.31. The molecule has 1 unspecified atom stereocenters. The Morgan fingerprint density at radius 1 is 1.00 bits per heavy atom. The maximum Gasteiger partial charge on any atom is 0.0803 e. The van der Waals surface area contributed by atoms with Gasteiger partial charge in [-0.2, -0.15) is 0 Å². The molecule has 116 valence electrons. The Morgan fingerprint density at radius 3 is 2.35 bits per heavy atom. The molecule has 0 spiro atoms. The van der Waals surface area contributed by atoms with Crippen LogP contribution in [0.2, 0.25) is 0 Å². The van der Waals surface area contributed by atoms with E-state index in [4.69, 9.17) is 0 Å². The number of rotatable bonds is 12. The van der Waals surface area contributed by atoms with Crippen molar-refractivity contribution in [3.8, 4) is 0 Å². The van der Waals surface area contributed by atoms with Crippen LogP contribution in [0.25, 0.3) is 0 Å². The minimum Gasteiger partial charge on any atom is -0.312 e. The molecule has 1 atom stereocenters. The van der Waals surface area contributed by atoms with E-state index in [1.807, 2.05) is 0 Å². The topological polar surface area (TPSA) is 37.8 Å². The second-order valence-electron chi connectivity index (χ2n) is 5.59. The van der Waals surface area contributed by atoms with E-state index < -0.39 is 0 Å². The standard InChI is InChI=1S/C16H31N3S/c1-4-6-7-8-9-10-11-13-14(17-3)16-15(12-5-2)18-19-20-16/h14,17H,4-13H2,1-3H3. The molecule has 0 aliphatic heterocycles. The van der Waals surface area contributed by atoms with Crippen molar-refractivity contribution in [1.82, 2.24) is 14.9 Å². The summed E-state index contributed by atoms with van der Waals surface area (Å²) in [6.07, 6.45) is 13.0. The predicted molar refractivity (Wildman–Crippen MR) is 88.3 cm³/mol. The number of hydrogen-bond donors (Lipinski definition) is 1. The normalized spacial score (nSPS) is 12.8. The van der Waals surface area contributed by atoms with Crippen molar-refractivity contribution in [2.75, 3.05) is 7.05 Å². The lowest BCUT2D eigenvalue weighted by Gasteiger charge is -2.15. The fraction of sp³-hybridized carbons (Fsp3) is 0.875. The molecule has 0 bridgehead atoms. The number of nitrogens with zero attached hydrogens (tertiary/aromatic N) is 2. The highest BCUT2D eigenvalue weighted by molar-refractivity contribution is 7.05. The lowest BCUT2D eigenvalue weighted by molar-refractivity contribution is 0.497. The van der Waals surface area contributed by atoms with Gasteiger partial charge in [0.15, 0.2) is 0 Å². The van der Waals surface area contributed by atoms with Gasteiger partial charge in [0.25, 0.3) is 0 Å². The Labute approximate surface area is 128 Å². The SMILES string of the molecule is CCCCCCCCCC(NC)c1snnc1CCC. The zero-order valence-electron chi connectivity index (χ0n) is 13.5. The molecule has 0 saturated carbocycles. The molecule has 1 aromatic heterocycles. The van der Waals surface area contributed by atoms with Gasteiger partial charge in [-0.15, -0.1) is 5.10 Å². The molecule has 0 aliphatic carbocycles. The number of aromatic nitrogens is 2. The van der Waals surface area contributed by atoms with E-state index in [0.717, 1.165) is 12.8 Å². The minimum atomic E-state index is 0.451. The fourth-order valence-corrected chi connectivity index (χ4v) is 3.44. The third kappa shape index (κ3) is 6.31. The van der Waals surface area contributed by atoms with E-state index in [1.165, 1.54) is 61.9 Å². The molecule has 20 heavy (non-hydrogen) atoms. The highest BCUT2D eigenvalue weighted by Crippen LogP contribution is 2.26. The molecule has 4 heteroatoms. The van der Waals surface area contributed by atoms with Crippen molar-refractivity contribution in [2.24, 2.45) is 0 Å². The van der Waals surface area contributed by atoms with Gasteiger partial charge in [0.2, 0.25) is 0 Å². The van der Waals surface area contributed by atoms with Gasteiger partial charge in [0.05, 0.1) is 10.6 Å². The zero-order chi connectivity index (χ0) is 14.6. The summed E-state index contributed by atoms with van der Waals surface area (Å²) in [6, 6.07) is 0.451. The van der Waals surface area contributed by atoms with Crippen LogP contribution in [0.15, 0.2) is 0 Å². The lowest BCUT2D eigenvalue weighted by atomic mass is 10.0. The van der Waals surface area contributed by atoms with Gasteiger partial charge >= 0.3 is 0 Å². The van der Waals surface area contributed by atoms with Crippen molar-refractivity contribution < 1.29 is 0 Å². The van der Waals surface area contributed by atoms with Crippen LogP contribution in [-0.2, 0) is 6.42 Å². The zero-order valence-corrected chi connectivity index (χ0v) is 14.3. The van der Waals surface area contributed by atoms with Gasteiger partial charge in [0.1, 0.15) is 0 Å². The van der Waals surface area contributed by atoms with Crippen LogP contribution < -0.4 is 5.32 Å². The molecule has 3 nitrogen and oxygen atoms in total. The third-order valence-corrected chi connectivity index (χ3v) is 4.71. The van der Waals surface area contributed by atoms with E-state index in [0.29, 0.717) is 6.04 Å². The van der Waals surface area contributed by atoms with Gasteiger partial charge in [-0.25, -0.2) is 0 Å². The summed E-state index contributed by atoms with van der Waals surface area (Å²) < 4.78 is 4.14. The molecule has 0 amide bonds. The summed E-state index contributed by atoms with van der Waals surface area (Å²) in [5, 5.41) is 7.73. The lowest BCUT2D eigenvalue weighted by Crippen LogP contribution is -2.16. The average Bonchev–Trinajstić information content (AvgIpc) is 2.91. The summed E-state index contributed by atoms with van der Waals surface area (Å²) in [5.41, 5.74) is 1.21. The first-order valence-corrected chi connectivity index (χ1v) is 9.09. The molecule has 1 aromatic rings. The van der Waals surface area contributed by atoms with E-state index in [1.54, 1.807) is 11.5 Å². The highest BCUT2D eigenvalue weighted by atomic mass is 32.1. The molecule has 0 radical (unpaired) electrons. The number of nitrogens with one attached hydrogen (secondary N) is 1. The molecule has 0 fully saturated rings. The van der Waals surface area contributed by atoms with Gasteiger partial charge in [-0.05, 0) is 31.4 Å². The van der Waals surface area contributed by atoms with Gasteiger partial charge < -0.3 is 5.32 Å². The summed E-state index contributed by atoms with van der Waals surface area (Å²) in [6.45, 7) is 4.47. The van der Waals surface area contributed by atoms with Crippen molar-refractivity contribution in [3.05, 3.63) is 10.6 Å². The van der Waals surface area contributed by atoms with E-state index >= 15 is 0 Å². The van der Waals surface area contributed by atoms with Crippen molar-refractivity contribution in [3.63, 3.8) is 0 Å². The molecule has 0 aliphatic rings. The Hall–Kier alpha value is -0.480. The van der Waals surface area contributed by atoms with Gasteiger partial charge in [-0.3, -0.25) is 0 Å². The molecular formula is C16H31N3S. The first-order chi connectivity index (χ1) is 9.83. The van der Waals surface area contributed by atoms with Crippen LogP contribution in [0, 0.1) is 0 Å². The molecule has 1 rings (SSSR count). The number of unbranched alkanes of at least 4 members (excludes halogenated alkanes) is 6. The van der Waals surface area contributed by atoms with Crippen LogP contribution in [-0.4, -0.2) is 16.6 Å². The summed E-state index contributed by atoms with van der Waals surface area (Å²) in [7, 11) is 2.06. The Morgan fingerprint density at radius 2 is 1.70 bits per heavy atom. The highest BCUT2D eigenvalue weighted by Gasteiger charge is 2.16. The Kier molecular flexibility index (Phi) is 9.85. The van der Waals surface area contributed by atoms with Gasteiger partial charge in [0, 0.05) is 6.04 Å². The summed E-state index contributed by atoms with van der Waals surface area (Å²) in [5.74, 6) is 0. The quantitative estimate of drug-likeness (QED) is 0.558. The van der Waals surface area contributed by atoms with E-state index in [2.05, 4.69) is 35.8 Å². The third-order valence-electron chi connectivity index (χ3n) is 3.83. The number of aryl methyl sites for hydroxylation is 1. The second kappa shape index (κ2) is 11.2. The van der Waals surface area contributed by atoms with Crippen LogP contribution in [0.1, 0.15) is 88.2 Å². The monoisotopic (exact) mass is 297 g/mol. The van der Waals surface area contributed by atoms with Crippen LogP contribution in [0.3, 0.4) is 0 Å². The molecule has 1 N–H and O–H groups in total. The van der Waals surface area contributed by atoms with Crippen molar-refractivity contribution in [2.45, 2.75) is 84.1 Å². The number of hydrogen-bond acceptors (Lipinski definition) is 4. The smallest absolute Gasteiger partial charge is 0.0803 e. The van der Waals surface area contributed by atoms with E-state index in [9.17, 15) is 0 Å². The fourth-order valence-electron chi connectivity index (χ4n) is 2.60. The van der Waals surface area contributed by atoms with Crippen LogP contribution in [0.5, 0.6) is 0 Å². The van der Waals surface area contributed by atoms with Crippen LogP contribution in [0.4, 0.5) is 0 Å². The maximum atomic E-state index is 4.28. The maximum absolute atomic E-state index is 4.28. The summed E-state index contributed by atoms with van der Waals surface area (Å²) in [4.78, 5) is 1.36. The minimum absolute atomic E-state index is 0.451.